The number of rotatable bonds is 6. The summed E-state index contributed by atoms with van der Waals surface area (Å²) in [5.74, 6) is 0. The van der Waals surface area contributed by atoms with Gasteiger partial charge in [-0.05, 0) is 174 Å². The van der Waals surface area contributed by atoms with Crippen LogP contribution >= 0.6 is 0 Å². The normalized spacial score (nSPS) is 12.0. The number of anilines is 6. The van der Waals surface area contributed by atoms with Crippen molar-refractivity contribution in [2.75, 3.05) is 9.80 Å². The van der Waals surface area contributed by atoms with Gasteiger partial charge >= 0.3 is 0 Å². The van der Waals surface area contributed by atoms with Crippen LogP contribution in [-0.4, -0.2) is 0 Å². The Bertz CT molecular complexity index is 4310. The average Bonchev–Trinajstić information content (AvgIpc) is 3.96. The predicted molar refractivity (Wildman–Crippen MR) is 295 cm³/mol. The van der Waals surface area contributed by atoms with E-state index in [0.29, 0.717) is 0 Å². The van der Waals surface area contributed by atoms with Crippen molar-refractivity contribution in [3.63, 3.8) is 0 Å². The van der Waals surface area contributed by atoms with E-state index in [-0.39, 0.29) is 0 Å². The van der Waals surface area contributed by atoms with Crippen LogP contribution in [0.3, 0.4) is 0 Å². The molecule has 0 aliphatic rings. The third-order valence-electron chi connectivity index (χ3n) is 14.5. The number of fused-ring (bicyclic) bond motifs is 15. The van der Waals surface area contributed by atoms with E-state index in [1.807, 2.05) is 0 Å². The maximum Gasteiger partial charge on any atom is 0.136 e. The van der Waals surface area contributed by atoms with E-state index in [1.54, 1.807) is 0 Å². The fourth-order valence-corrected chi connectivity index (χ4v) is 11.2. The van der Waals surface area contributed by atoms with Crippen LogP contribution in [0.2, 0.25) is 0 Å². The molecule has 0 saturated heterocycles. The van der Waals surface area contributed by atoms with E-state index in [1.165, 1.54) is 43.1 Å². The standard InChI is InChI=1S/C66H40N2O2/c1-3-13-49(14-4-1)67(53-27-29-57-45(33-53)21-19-41-11-7-9-17-55(41)57)51-25-23-43-37-59-63(39-47(43)35-51)69-61-31-32-62-66(65(59)61)60-38-44-24-26-52(36-48(44)40-64(60)70-62)68(50-15-5-2-6-16-50)54-28-30-58-46(34-54)22-20-42-12-8-10-18-56(42)58/h1-40H. The third kappa shape index (κ3) is 6.03. The quantitative estimate of drug-likeness (QED) is 0.156. The highest BCUT2D eigenvalue weighted by Gasteiger charge is 2.21. The fraction of sp³-hybridized carbons (Fsp3) is 0. The highest BCUT2D eigenvalue weighted by Crippen LogP contribution is 2.45. The minimum absolute atomic E-state index is 0.840. The second-order valence-electron chi connectivity index (χ2n) is 18.5. The van der Waals surface area contributed by atoms with Crippen molar-refractivity contribution in [3.8, 4) is 0 Å². The van der Waals surface area contributed by atoms with Gasteiger partial charge < -0.3 is 18.6 Å². The van der Waals surface area contributed by atoms with Gasteiger partial charge in [0.25, 0.3) is 0 Å². The highest BCUT2D eigenvalue weighted by atomic mass is 16.3. The van der Waals surface area contributed by atoms with Gasteiger partial charge in [-0.3, -0.25) is 0 Å². The van der Waals surface area contributed by atoms with Crippen LogP contribution in [0.1, 0.15) is 0 Å². The Kier molecular flexibility index (Phi) is 8.33. The summed E-state index contributed by atoms with van der Waals surface area (Å²) in [6, 6.07) is 87.5. The first-order valence-electron chi connectivity index (χ1n) is 23.9. The lowest BCUT2D eigenvalue weighted by Gasteiger charge is -2.26. The number of benzene rings is 13. The maximum absolute atomic E-state index is 6.74. The van der Waals surface area contributed by atoms with Crippen molar-refractivity contribution < 1.29 is 8.83 Å². The summed E-state index contributed by atoms with van der Waals surface area (Å²) in [4.78, 5) is 4.69. The minimum Gasteiger partial charge on any atom is -0.456 e. The van der Waals surface area contributed by atoms with Crippen LogP contribution in [0.25, 0.3) is 109 Å². The Morgan fingerprint density at radius 3 is 1.01 bits per heavy atom. The van der Waals surface area contributed by atoms with Crippen molar-refractivity contribution in [3.05, 3.63) is 243 Å². The molecule has 13 aromatic carbocycles. The van der Waals surface area contributed by atoms with Gasteiger partial charge in [-0.15, -0.1) is 0 Å². The largest absolute Gasteiger partial charge is 0.456 e. The molecule has 15 rings (SSSR count). The van der Waals surface area contributed by atoms with E-state index in [4.69, 9.17) is 8.83 Å². The molecule has 0 atom stereocenters. The molecule has 4 nitrogen and oxygen atoms in total. The molecular weight excluding hydrogens is 853 g/mol. The molecule has 4 heteroatoms. The molecule has 0 unspecified atom stereocenters. The molecule has 0 bridgehead atoms. The summed E-state index contributed by atoms with van der Waals surface area (Å²) in [6.45, 7) is 0. The monoisotopic (exact) mass is 892 g/mol. The lowest BCUT2D eigenvalue weighted by Crippen LogP contribution is -2.09. The van der Waals surface area contributed by atoms with Gasteiger partial charge in [0.15, 0.2) is 0 Å². The molecular formula is C66H40N2O2. The molecule has 0 aliphatic carbocycles. The van der Waals surface area contributed by atoms with Gasteiger partial charge in [0, 0.05) is 55.7 Å². The van der Waals surface area contributed by atoms with Crippen LogP contribution in [0.4, 0.5) is 34.1 Å². The second-order valence-corrected chi connectivity index (χ2v) is 18.5. The second kappa shape index (κ2) is 15.1. The van der Waals surface area contributed by atoms with Crippen LogP contribution in [-0.2, 0) is 0 Å². The Hall–Kier alpha value is -9.38. The molecule has 326 valence electrons. The van der Waals surface area contributed by atoms with Crippen LogP contribution < -0.4 is 9.80 Å². The van der Waals surface area contributed by atoms with Gasteiger partial charge in [-0.25, -0.2) is 0 Å². The summed E-state index contributed by atoms with van der Waals surface area (Å²) >= 11 is 0. The fourth-order valence-electron chi connectivity index (χ4n) is 11.2. The van der Waals surface area contributed by atoms with E-state index in [0.717, 1.165) is 99.5 Å². The summed E-state index contributed by atoms with van der Waals surface area (Å²) in [6.07, 6.45) is 0. The zero-order chi connectivity index (χ0) is 45.9. The topological polar surface area (TPSA) is 32.8 Å². The molecule has 0 radical (unpaired) electrons. The number of hydrogen-bond acceptors (Lipinski definition) is 4. The summed E-state index contributed by atoms with van der Waals surface area (Å²) in [5.41, 5.74) is 9.91. The highest BCUT2D eigenvalue weighted by molar-refractivity contribution is 6.28. The zero-order valence-electron chi connectivity index (χ0n) is 37.8. The van der Waals surface area contributed by atoms with Crippen molar-refractivity contribution in [2.24, 2.45) is 0 Å². The number of hydrogen-bond donors (Lipinski definition) is 0. The minimum atomic E-state index is 0.840. The third-order valence-corrected chi connectivity index (χ3v) is 14.5. The molecule has 70 heavy (non-hydrogen) atoms. The molecule has 0 aliphatic heterocycles. The molecule has 0 N–H and O–H groups in total. The average molecular weight is 893 g/mol. The Morgan fingerprint density at radius 1 is 0.200 bits per heavy atom. The van der Waals surface area contributed by atoms with Crippen LogP contribution in [0.5, 0.6) is 0 Å². The van der Waals surface area contributed by atoms with Crippen molar-refractivity contribution in [2.45, 2.75) is 0 Å². The number of para-hydroxylation sites is 2. The van der Waals surface area contributed by atoms with Crippen molar-refractivity contribution in [1.29, 1.82) is 0 Å². The molecule has 2 aromatic heterocycles. The first-order chi connectivity index (χ1) is 34.6. The zero-order valence-corrected chi connectivity index (χ0v) is 37.8. The summed E-state index contributed by atoms with van der Waals surface area (Å²) < 4.78 is 13.5. The molecule has 0 saturated carbocycles. The smallest absolute Gasteiger partial charge is 0.136 e. The summed E-state index contributed by atoms with van der Waals surface area (Å²) in [7, 11) is 0. The van der Waals surface area contributed by atoms with E-state index < -0.39 is 0 Å². The van der Waals surface area contributed by atoms with Gasteiger partial charge in [0.2, 0.25) is 0 Å². The molecule has 0 amide bonds. The maximum atomic E-state index is 6.74. The SMILES string of the molecule is c1ccc(N(c2ccc3cc4c(cc3c2)oc2ccc3oc5cc6cc(N(c7ccccc7)c7ccc8c(ccc9ccccc98)c7)ccc6cc5c3c24)c2ccc3c(ccc4ccccc43)c2)cc1. The predicted octanol–water partition coefficient (Wildman–Crippen LogP) is 19.3. The van der Waals surface area contributed by atoms with Crippen molar-refractivity contribution in [1.82, 2.24) is 0 Å². The van der Waals surface area contributed by atoms with Crippen molar-refractivity contribution >= 4 is 143 Å². The van der Waals surface area contributed by atoms with Crippen LogP contribution in [0, 0.1) is 0 Å². The Morgan fingerprint density at radius 2 is 0.557 bits per heavy atom. The number of nitrogens with zero attached hydrogens (tertiary/aromatic N) is 2. The van der Waals surface area contributed by atoms with Gasteiger partial charge in [0.1, 0.15) is 22.3 Å². The molecule has 0 fully saturated rings. The molecule has 2 heterocycles. The van der Waals surface area contributed by atoms with E-state index in [9.17, 15) is 0 Å². The molecule has 0 spiro atoms. The lowest BCUT2D eigenvalue weighted by atomic mass is 9.99. The van der Waals surface area contributed by atoms with Gasteiger partial charge in [-0.2, -0.15) is 0 Å². The van der Waals surface area contributed by atoms with E-state index >= 15 is 0 Å². The summed E-state index contributed by atoms with van der Waals surface area (Å²) in [5, 5.41) is 18.7. The lowest BCUT2D eigenvalue weighted by molar-refractivity contribution is 0.663. The first-order valence-corrected chi connectivity index (χ1v) is 23.9. The Balaban J connectivity index is 0.838. The number of furan rings is 2. The molecule has 15 aromatic rings. The first kappa shape index (κ1) is 38.7. The van der Waals surface area contributed by atoms with Gasteiger partial charge in [0.05, 0.1) is 0 Å². The van der Waals surface area contributed by atoms with E-state index in [2.05, 4.69) is 252 Å². The Labute approximate surface area is 402 Å². The van der Waals surface area contributed by atoms with Gasteiger partial charge in [-0.1, -0.05) is 133 Å². The van der Waals surface area contributed by atoms with Crippen LogP contribution in [0.15, 0.2) is 251 Å².